The van der Waals surface area contributed by atoms with Gasteiger partial charge in [0.1, 0.15) is 11.6 Å². The number of hydrogen-bond acceptors (Lipinski definition) is 4. The molecule has 1 aliphatic rings. The number of carbonyl (C=O) groups is 1. The summed E-state index contributed by atoms with van der Waals surface area (Å²) in [4.78, 5) is 16.2. The summed E-state index contributed by atoms with van der Waals surface area (Å²) in [7, 11) is 1.88. The molecule has 0 unspecified atom stereocenters. The molecule has 2 aromatic rings. The highest BCUT2D eigenvalue weighted by Gasteiger charge is 2.35. The lowest BCUT2D eigenvalue weighted by Crippen LogP contribution is -2.39. The van der Waals surface area contributed by atoms with Crippen molar-refractivity contribution in [3.63, 3.8) is 0 Å². The van der Waals surface area contributed by atoms with E-state index in [-0.39, 0.29) is 17.0 Å². The Bertz CT molecular complexity index is 734. The molecule has 0 saturated carbocycles. The minimum atomic E-state index is -0.489. The van der Waals surface area contributed by atoms with E-state index in [4.69, 9.17) is 16.1 Å². The summed E-state index contributed by atoms with van der Waals surface area (Å²) in [5.74, 6) is 0.237. The van der Waals surface area contributed by atoms with Crippen LogP contribution in [-0.4, -0.2) is 35.6 Å². The monoisotopic (exact) mass is 337 g/mol. The van der Waals surface area contributed by atoms with Crippen LogP contribution in [0.3, 0.4) is 0 Å². The van der Waals surface area contributed by atoms with Crippen LogP contribution in [0.5, 0.6) is 0 Å². The van der Waals surface area contributed by atoms with Gasteiger partial charge in [-0.05, 0) is 38.6 Å². The second-order valence-corrected chi connectivity index (χ2v) is 6.14. The van der Waals surface area contributed by atoms with Crippen LogP contribution in [0.1, 0.15) is 17.9 Å². The lowest BCUT2D eigenvalue weighted by Gasteiger charge is -2.23. The quantitative estimate of drug-likeness (QED) is 0.860. The Morgan fingerprint density at radius 2 is 2.26 bits per heavy atom. The van der Waals surface area contributed by atoms with Crippen molar-refractivity contribution >= 4 is 23.2 Å². The molecule has 23 heavy (non-hydrogen) atoms. The lowest BCUT2D eigenvalue weighted by molar-refractivity contribution is -0.121. The molecule has 3 rings (SSSR count). The van der Waals surface area contributed by atoms with Gasteiger partial charge in [-0.25, -0.2) is 4.39 Å². The Kier molecular flexibility index (Phi) is 4.37. The number of rotatable bonds is 4. The number of likely N-dealkylation sites (N-methyl/N-ethyl adjacent to an activating group) is 1. The van der Waals surface area contributed by atoms with Gasteiger partial charge in [0, 0.05) is 24.8 Å². The summed E-state index contributed by atoms with van der Waals surface area (Å²) in [5, 5.41) is 3.97. The first-order valence-electron chi connectivity index (χ1n) is 7.34. The molecule has 1 amide bonds. The van der Waals surface area contributed by atoms with Crippen molar-refractivity contribution in [3.8, 4) is 0 Å². The van der Waals surface area contributed by atoms with E-state index in [1.807, 2.05) is 24.9 Å². The molecule has 1 aromatic carbocycles. The average molecular weight is 338 g/mol. The minimum absolute atomic E-state index is 0.0182. The van der Waals surface area contributed by atoms with Crippen molar-refractivity contribution in [2.45, 2.75) is 25.9 Å². The van der Waals surface area contributed by atoms with Crippen LogP contribution >= 0.6 is 11.6 Å². The second kappa shape index (κ2) is 6.29. The molecule has 1 fully saturated rings. The zero-order chi connectivity index (χ0) is 16.6. The maximum absolute atomic E-state index is 13.3. The van der Waals surface area contributed by atoms with E-state index in [9.17, 15) is 9.18 Å². The van der Waals surface area contributed by atoms with Crippen LogP contribution in [-0.2, 0) is 11.3 Å². The van der Waals surface area contributed by atoms with Gasteiger partial charge in [0.25, 0.3) is 0 Å². The van der Waals surface area contributed by atoms with Gasteiger partial charge in [-0.3, -0.25) is 9.69 Å². The van der Waals surface area contributed by atoms with E-state index >= 15 is 0 Å². The van der Waals surface area contributed by atoms with Gasteiger partial charge in [-0.15, -0.1) is 0 Å². The van der Waals surface area contributed by atoms with E-state index in [1.165, 1.54) is 12.1 Å². The normalized spacial score (nSPS) is 18.2. The molecule has 122 valence electrons. The smallest absolute Gasteiger partial charge is 0.244 e. The standard InChI is InChI=1S/C16H17ClFN3O2/c1-10-7-11(19-23-10)9-20(2)15-5-6-21(16(15)22)12-3-4-14(18)13(17)8-12/h3-4,7-8,15H,5-6,9H2,1-2H3/t15-/m0/s1. The van der Waals surface area contributed by atoms with E-state index in [0.29, 0.717) is 25.2 Å². The summed E-state index contributed by atoms with van der Waals surface area (Å²) in [6.07, 6.45) is 0.696. The zero-order valence-corrected chi connectivity index (χ0v) is 13.7. The molecule has 0 bridgehead atoms. The molecule has 0 radical (unpaired) electrons. The maximum atomic E-state index is 13.3. The summed E-state index contributed by atoms with van der Waals surface area (Å²) in [6, 6.07) is 5.95. The Hall–Kier alpha value is -1.92. The largest absolute Gasteiger partial charge is 0.361 e. The SMILES string of the molecule is Cc1cc(CN(C)[C@H]2CCN(c3ccc(F)c(Cl)c3)C2=O)no1. The summed E-state index contributed by atoms with van der Waals surface area (Å²) in [5.41, 5.74) is 1.41. The van der Waals surface area contributed by atoms with Gasteiger partial charge in [0.15, 0.2) is 0 Å². The van der Waals surface area contributed by atoms with Crippen LogP contribution < -0.4 is 4.90 Å². The Labute approximate surface area is 138 Å². The van der Waals surface area contributed by atoms with Crippen molar-refractivity contribution in [2.24, 2.45) is 0 Å². The van der Waals surface area contributed by atoms with Crippen molar-refractivity contribution < 1.29 is 13.7 Å². The number of nitrogens with zero attached hydrogens (tertiary/aromatic N) is 3. The van der Waals surface area contributed by atoms with Crippen LogP contribution in [0.4, 0.5) is 10.1 Å². The van der Waals surface area contributed by atoms with Gasteiger partial charge in [0.2, 0.25) is 5.91 Å². The summed E-state index contributed by atoms with van der Waals surface area (Å²) in [6.45, 7) is 2.94. The number of aryl methyl sites for hydroxylation is 1. The second-order valence-electron chi connectivity index (χ2n) is 5.74. The van der Waals surface area contributed by atoms with Gasteiger partial charge in [0.05, 0.1) is 16.8 Å². The number of carbonyl (C=O) groups excluding carboxylic acids is 1. The first kappa shape index (κ1) is 16.0. The predicted octanol–water partition coefficient (Wildman–Crippen LogP) is 3.01. The number of hydrogen-bond donors (Lipinski definition) is 0. The van der Waals surface area contributed by atoms with Crippen molar-refractivity contribution in [2.75, 3.05) is 18.5 Å². The lowest BCUT2D eigenvalue weighted by atomic mass is 10.2. The zero-order valence-electron chi connectivity index (χ0n) is 12.9. The van der Waals surface area contributed by atoms with Crippen LogP contribution in [0.15, 0.2) is 28.8 Å². The third-order valence-electron chi connectivity index (χ3n) is 4.01. The van der Waals surface area contributed by atoms with Crippen molar-refractivity contribution in [1.82, 2.24) is 10.1 Å². The molecule has 7 heteroatoms. The van der Waals surface area contributed by atoms with E-state index in [2.05, 4.69) is 5.16 Å². The fourth-order valence-electron chi connectivity index (χ4n) is 2.84. The Balaban J connectivity index is 1.71. The molecule has 1 atom stereocenters. The maximum Gasteiger partial charge on any atom is 0.244 e. The van der Waals surface area contributed by atoms with Crippen molar-refractivity contribution in [1.29, 1.82) is 0 Å². The molecule has 5 nitrogen and oxygen atoms in total. The highest BCUT2D eigenvalue weighted by Crippen LogP contribution is 2.28. The van der Waals surface area contributed by atoms with Gasteiger partial charge < -0.3 is 9.42 Å². The van der Waals surface area contributed by atoms with E-state index in [0.717, 1.165) is 11.5 Å². The Morgan fingerprint density at radius 1 is 1.48 bits per heavy atom. The third kappa shape index (κ3) is 3.23. The molecule has 0 N–H and O–H groups in total. The molecular formula is C16H17ClFN3O2. The predicted molar refractivity (Wildman–Crippen MR) is 84.9 cm³/mol. The van der Waals surface area contributed by atoms with E-state index in [1.54, 1.807) is 11.0 Å². The molecule has 1 saturated heterocycles. The third-order valence-corrected chi connectivity index (χ3v) is 4.30. The molecule has 1 aromatic heterocycles. The van der Waals surface area contributed by atoms with Crippen LogP contribution in [0.2, 0.25) is 5.02 Å². The molecule has 0 aliphatic carbocycles. The molecule has 2 heterocycles. The fourth-order valence-corrected chi connectivity index (χ4v) is 3.02. The van der Waals surface area contributed by atoms with Crippen molar-refractivity contribution in [3.05, 3.63) is 46.6 Å². The number of benzene rings is 1. The Morgan fingerprint density at radius 3 is 2.91 bits per heavy atom. The van der Waals surface area contributed by atoms with Crippen LogP contribution in [0.25, 0.3) is 0 Å². The fraction of sp³-hybridized carbons (Fsp3) is 0.375. The summed E-state index contributed by atoms with van der Waals surface area (Å²) >= 11 is 5.81. The van der Waals surface area contributed by atoms with Gasteiger partial charge in [-0.2, -0.15) is 0 Å². The van der Waals surface area contributed by atoms with Gasteiger partial charge in [-0.1, -0.05) is 16.8 Å². The highest BCUT2D eigenvalue weighted by molar-refractivity contribution is 6.31. The first-order valence-corrected chi connectivity index (χ1v) is 7.72. The summed E-state index contributed by atoms with van der Waals surface area (Å²) < 4.78 is 18.3. The molecular weight excluding hydrogens is 321 g/mol. The van der Waals surface area contributed by atoms with Gasteiger partial charge >= 0.3 is 0 Å². The van der Waals surface area contributed by atoms with E-state index < -0.39 is 5.82 Å². The molecule has 0 spiro atoms. The number of amides is 1. The average Bonchev–Trinajstić information content (AvgIpc) is 3.08. The number of halogens is 2. The highest BCUT2D eigenvalue weighted by atomic mass is 35.5. The number of aromatic nitrogens is 1. The van der Waals surface area contributed by atoms with Crippen LogP contribution in [0, 0.1) is 12.7 Å². The number of anilines is 1. The minimum Gasteiger partial charge on any atom is -0.361 e. The topological polar surface area (TPSA) is 49.6 Å². The first-order chi connectivity index (χ1) is 11.0. The molecule has 1 aliphatic heterocycles.